The Morgan fingerprint density at radius 2 is 2.00 bits per heavy atom. The number of amides is 1. The number of Topliss-reactive ketones (excluding diaryl/α,β-unsaturated/α-hetero) is 1. The molecule has 166 valence electrons. The number of ketones is 1. The zero-order chi connectivity index (χ0) is 21.9. The van der Waals surface area contributed by atoms with E-state index in [1.807, 2.05) is 36.4 Å². The Labute approximate surface area is 186 Å². The molecule has 31 heavy (non-hydrogen) atoms. The SMILES string of the molecule is O=C(CCCC=CCC1C(=O)CC=C1C=C[C@@H](O)CCc1ccccc1)NCC1CC1. The fraction of sp³-hybridized carbons (Fsp3) is 0.481. The van der Waals surface area contributed by atoms with Gasteiger partial charge in [0.25, 0.3) is 0 Å². The normalized spacial score (nSPS) is 19.8. The van der Waals surface area contributed by atoms with Crippen molar-refractivity contribution in [2.45, 2.75) is 63.9 Å². The Kier molecular flexibility index (Phi) is 9.29. The van der Waals surface area contributed by atoms with E-state index in [4.69, 9.17) is 0 Å². The number of carbonyl (C=O) groups excluding carboxylic acids is 2. The summed E-state index contributed by atoms with van der Waals surface area (Å²) in [4.78, 5) is 24.0. The number of aliphatic hydroxyl groups is 1. The highest BCUT2D eigenvalue weighted by molar-refractivity contribution is 5.89. The molecule has 1 saturated carbocycles. The van der Waals surface area contributed by atoms with E-state index in [-0.39, 0.29) is 17.6 Å². The van der Waals surface area contributed by atoms with Gasteiger partial charge in [0.1, 0.15) is 5.78 Å². The molecule has 0 saturated heterocycles. The summed E-state index contributed by atoms with van der Waals surface area (Å²) in [5, 5.41) is 13.3. The van der Waals surface area contributed by atoms with Gasteiger partial charge in [-0.15, -0.1) is 0 Å². The fourth-order valence-corrected chi connectivity index (χ4v) is 3.82. The van der Waals surface area contributed by atoms with Gasteiger partial charge in [-0.05, 0) is 62.0 Å². The molecule has 0 spiro atoms. The predicted octanol–water partition coefficient (Wildman–Crippen LogP) is 4.69. The zero-order valence-corrected chi connectivity index (χ0v) is 18.3. The highest BCUT2D eigenvalue weighted by Gasteiger charge is 2.24. The number of aryl methyl sites for hydroxylation is 1. The highest BCUT2D eigenvalue weighted by Crippen LogP contribution is 2.28. The molecule has 1 aromatic carbocycles. The molecule has 1 unspecified atom stereocenters. The molecule has 4 heteroatoms. The van der Waals surface area contributed by atoms with Gasteiger partial charge in [0.2, 0.25) is 5.91 Å². The van der Waals surface area contributed by atoms with Gasteiger partial charge in [0.05, 0.1) is 6.10 Å². The summed E-state index contributed by atoms with van der Waals surface area (Å²) in [5.41, 5.74) is 2.22. The number of aliphatic hydroxyl groups excluding tert-OH is 1. The van der Waals surface area contributed by atoms with Crippen LogP contribution in [0.3, 0.4) is 0 Å². The summed E-state index contributed by atoms with van der Waals surface area (Å²) in [6.07, 6.45) is 16.7. The zero-order valence-electron chi connectivity index (χ0n) is 18.3. The molecule has 0 aliphatic heterocycles. The van der Waals surface area contributed by atoms with Crippen LogP contribution in [-0.2, 0) is 16.0 Å². The number of hydrogen-bond donors (Lipinski definition) is 2. The van der Waals surface area contributed by atoms with Crippen molar-refractivity contribution in [3.8, 4) is 0 Å². The number of carbonyl (C=O) groups is 2. The maximum atomic E-state index is 12.2. The predicted molar refractivity (Wildman–Crippen MR) is 124 cm³/mol. The molecular weight excluding hydrogens is 386 g/mol. The number of benzene rings is 1. The lowest BCUT2D eigenvalue weighted by atomic mass is 9.95. The molecule has 2 aliphatic carbocycles. The monoisotopic (exact) mass is 421 g/mol. The van der Waals surface area contributed by atoms with Crippen molar-refractivity contribution in [2.75, 3.05) is 6.54 Å². The minimum absolute atomic E-state index is 0.115. The maximum absolute atomic E-state index is 12.2. The molecule has 0 radical (unpaired) electrons. The number of allylic oxidation sites excluding steroid dienone is 5. The standard InChI is InChI=1S/C27H35NO3/c29-24(17-14-21-8-4-3-5-9-21)18-15-23-16-19-26(30)25(23)10-6-1-2-7-11-27(31)28-20-22-12-13-22/h1,3-6,8-9,15-16,18,22,24-25,29H,2,7,10-14,17,19-20H2,(H,28,31)/t24-,25?/m0/s1. The third kappa shape index (κ3) is 8.66. The lowest BCUT2D eigenvalue weighted by molar-refractivity contribution is -0.121. The van der Waals surface area contributed by atoms with Crippen LogP contribution in [0.1, 0.15) is 56.9 Å². The van der Waals surface area contributed by atoms with Crippen molar-refractivity contribution in [3.05, 3.63) is 71.8 Å². The molecular formula is C27H35NO3. The second-order valence-corrected chi connectivity index (χ2v) is 8.72. The van der Waals surface area contributed by atoms with Crippen LogP contribution in [0.4, 0.5) is 0 Å². The van der Waals surface area contributed by atoms with E-state index in [0.717, 1.165) is 31.4 Å². The van der Waals surface area contributed by atoms with Gasteiger partial charge in [-0.25, -0.2) is 0 Å². The minimum Gasteiger partial charge on any atom is -0.389 e. The third-order valence-corrected chi connectivity index (χ3v) is 6.01. The van der Waals surface area contributed by atoms with Crippen molar-refractivity contribution >= 4 is 11.7 Å². The van der Waals surface area contributed by atoms with Crippen LogP contribution in [0.2, 0.25) is 0 Å². The van der Waals surface area contributed by atoms with Gasteiger partial charge >= 0.3 is 0 Å². The van der Waals surface area contributed by atoms with Crippen LogP contribution >= 0.6 is 0 Å². The third-order valence-electron chi connectivity index (χ3n) is 6.01. The van der Waals surface area contributed by atoms with Gasteiger partial charge in [0.15, 0.2) is 0 Å². The molecule has 2 N–H and O–H groups in total. The summed E-state index contributed by atoms with van der Waals surface area (Å²) in [6.45, 7) is 0.835. The van der Waals surface area contributed by atoms with Crippen LogP contribution in [0, 0.1) is 11.8 Å². The topological polar surface area (TPSA) is 66.4 Å². The summed E-state index contributed by atoms with van der Waals surface area (Å²) in [7, 11) is 0. The Hall–Kier alpha value is -2.46. The van der Waals surface area contributed by atoms with Crippen molar-refractivity contribution in [1.82, 2.24) is 5.32 Å². The van der Waals surface area contributed by atoms with Crippen molar-refractivity contribution < 1.29 is 14.7 Å². The average Bonchev–Trinajstić information content (AvgIpc) is 3.55. The van der Waals surface area contributed by atoms with Gasteiger partial charge < -0.3 is 10.4 Å². The molecule has 1 amide bonds. The molecule has 1 aromatic rings. The summed E-state index contributed by atoms with van der Waals surface area (Å²) in [6, 6.07) is 10.1. The van der Waals surface area contributed by atoms with E-state index < -0.39 is 6.10 Å². The van der Waals surface area contributed by atoms with Gasteiger partial charge in [0, 0.05) is 25.3 Å². The van der Waals surface area contributed by atoms with Crippen molar-refractivity contribution in [2.24, 2.45) is 11.8 Å². The molecule has 2 aliphatic rings. The molecule has 1 fully saturated rings. The average molecular weight is 422 g/mol. The van der Waals surface area contributed by atoms with E-state index in [1.165, 1.54) is 18.4 Å². The van der Waals surface area contributed by atoms with Crippen LogP contribution in [-0.4, -0.2) is 29.4 Å². The second-order valence-electron chi connectivity index (χ2n) is 8.72. The Morgan fingerprint density at radius 3 is 2.77 bits per heavy atom. The van der Waals surface area contributed by atoms with Crippen LogP contribution in [0.5, 0.6) is 0 Å². The largest absolute Gasteiger partial charge is 0.389 e. The van der Waals surface area contributed by atoms with E-state index >= 15 is 0 Å². The first kappa shape index (κ1) is 23.2. The quantitative estimate of drug-likeness (QED) is 0.359. The first-order valence-corrected chi connectivity index (χ1v) is 11.7. The fourth-order valence-electron chi connectivity index (χ4n) is 3.82. The Balaban J connectivity index is 1.34. The van der Waals surface area contributed by atoms with Gasteiger partial charge in [-0.1, -0.05) is 60.7 Å². The highest BCUT2D eigenvalue weighted by atomic mass is 16.3. The molecule has 0 bridgehead atoms. The number of unbranched alkanes of at least 4 members (excludes halogenated alkanes) is 1. The Morgan fingerprint density at radius 1 is 1.19 bits per heavy atom. The second kappa shape index (κ2) is 12.4. The van der Waals surface area contributed by atoms with E-state index in [0.29, 0.717) is 31.6 Å². The minimum atomic E-state index is -0.515. The number of rotatable bonds is 13. The summed E-state index contributed by atoms with van der Waals surface area (Å²) >= 11 is 0. The van der Waals surface area contributed by atoms with Crippen LogP contribution < -0.4 is 5.32 Å². The van der Waals surface area contributed by atoms with Crippen molar-refractivity contribution in [3.63, 3.8) is 0 Å². The first-order valence-electron chi connectivity index (χ1n) is 11.7. The van der Waals surface area contributed by atoms with E-state index in [2.05, 4.69) is 29.6 Å². The number of nitrogens with one attached hydrogen (secondary N) is 1. The lowest BCUT2D eigenvalue weighted by Gasteiger charge is -2.10. The first-order chi connectivity index (χ1) is 15.1. The molecule has 0 aromatic heterocycles. The van der Waals surface area contributed by atoms with Crippen LogP contribution in [0.15, 0.2) is 66.3 Å². The van der Waals surface area contributed by atoms with Gasteiger partial charge in [-0.3, -0.25) is 9.59 Å². The maximum Gasteiger partial charge on any atom is 0.220 e. The molecule has 0 heterocycles. The summed E-state index contributed by atoms with van der Waals surface area (Å²) in [5.74, 6) is 0.986. The smallest absolute Gasteiger partial charge is 0.220 e. The van der Waals surface area contributed by atoms with Crippen LogP contribution in [0.25, 0.3) is 0 Å². The molecule has 3 rings (SSSR count). The van der Waals surface area contributed by atoms with Gasteiger partial charge in [-0.2, -0.15) is 0 Å². The lowest BCUT2D eigenvalue weighted by Crippen LogP contribution is -2.24. The Bertz CT molecular complexity index is 805. The van der Waals surface area contributed by atoms with E-state index in [9.17, 15) is 14.7 Å². The molecule has 4 nitrogen and oxygen atoms in total. The molecule has 2 atom stereocenters. The summed E-state index contributed by atoms with van der Waals surface area (Å²) < 4.78 is 0. The number of hydrogen-bond acceptors (Lipinski definition) is 3. The van der Waals surface area contributed by atoms with Crippen molar-refractivity contribution in [1.29, 1.82) is 0 Å². The van der Waals surface area contributed by atoms with E-state index in [1.54, 1.807) is 0 Å².